The van der Waals surface area contributed by atoms with Crippen molar-refractivity contribution in [3.8, 4) is 11.5 Å². The number of carbonyl (C=O) groups excluding carboxylic acids is 1. The van der Waals surface area contributed by atoms with E-state index in [0.717, 1.165) is 4.70 Å². The van der Waals surface area contributed by atoms with Crippen LogP contribution in [0.15, 0.2) is 47.4 Å². The summed E-state index contributed by atoms with van der Waals surface area (Å²) in [5, 5.41) is 0.533. The van der Waals surface area contributed by atoms with Crippen molar-refractivity contribution in [2.75, 3.05) is 51.6 Å². The molecule has 2 aromatic carbocycles. The molecule has 0 saturated carbocycles. The molecule has 8 nitrogen and oxygen atoms in total. The highest BCUT2D eigenvalue weighted by Crippen LogP contribution is 2.34. The van der Waals surface area contributed by atoms with Gasteiger partial charge in [0.2, 0.25) is 5.91 Å². The number of ether oxygens (including phenoxy) is 2. The number of hydrogen-bond donors (Lipinski definition) is 0. The van der Waals surface area contributed by atoms with Gasteiger partial charge < -0.3 is 14.4 Å². The van der Waals surface area contributed by atoms with E-state index in [9.17, 15) is 13.2 Å². The van der Waals surface area contributed by atoms with E-state index in [-0.39, 0.29) is 23.0 Å². The van der Waals surface area contributed by atoms with Crippen molar-refractivity contribution < 1.29 is 22.7 Å². The van der Waals surface area contributed by atoms with Crippen molar-refractivity contribution in [2.24, 2.45) is 0 Å². The number of nitrogens with zero attached hydrogens (tertiary/aromatic N) is 3. The van der Waals surface area contributed by atoms with E-state index in [1.165, 1.54) is 30.6 Å². The molecule has 1 heterocycles. The van der Waals surface area contributed by atoms with Crippen LogP contribution in [0.1, 0.15) is 13.3 Å². The summed E-state index contributed by atoms with van der Waals surface area (Å²) < 4.78 is 37.2. The Bertz CT molecular complexity index is 1190. The average molecular weight is 492 g/mol. The smallest absolute Gasteiger partial charge is 0.229 e. The topological polar surface area (TPSA) is 89.0 Å². The van der Waals surface area contributed by atoms with Crippen LogP contribution in [0.25, 0.3) is 10.2 Å². The first-order valence-electron chi connectivity index (χ1n) is 10.6. The van der Waals surface area contributed by atoms with Crippen LogP contribution in [0.2, 0.25) is 0 Å². The largest absolute Gasteiger partial charge is 0.497 e. The van der Waals surface area contributed by atoms with E-state index in [2.05, 4.69) is 4.98 Å². The van der Waals surface area contributed by atoms with Crippen LogP contribution in [0.5, 0.6) is 11.5 Å². The number of rotatable bonds is 11. The highest BCUT2D eigenvalue weighted by atomic mass is 32.2. The molecule has 0 fully saturated rings. The lowest BCUT2D eigenvalue weighted by atomic mass is 10.3. The molecule has 0 bridgehead atoms. The lowest BCUT2D eigenvalue weighted by Crippen LogP contribution is -2.37. The summed E-state index contributed by atoms with van der Waals surface area (Å²) in [4.78, 5) is 21.6. The van der Waals surface area contributed by atoms with Gasteiger partial charge in [-0.1, -0.05) is 17.4 Å². The number of sulfone groups is 1. The monoisotopic (exact) mass is 491 g/mol. The summed E-state index contributed by atoms with van der Waals surface area (Å²) in [6.45, 7) is 3.43. The number of para-hydroxylation sites is 1. The zero-order valence-corrected chi connectivity index (χ0v) is 20.9. The molecular formula is C23H29N3O5S2. The van der Waals surface area contributed by atoms with Crippen molar-refractivity contribution >= 4 is 42.4 Å². The van der Waals surface area contributed by atoms with Crippen LogP contribution in [0, 0.1) is 0 Å². The van der Waals surface area contributed by atoms with Gasteiger partial charge in [0.1, 0.15) is 17.0 Å². The van der Waals surface area contributed by atoms with Gasteiger partial charge in [0.15, 0.2) is 15.0 Å². The zero-order chi connectivity index (χ0) is 24.0. The molecule has 0 unspecified atom stereocenters. The molecule has 178 valence electrons. The Morgan fingerprint density at radius 1 is 1.09 bits per heavy atom. The number of methoxy groups -OCH3 is 1. The van der Waals surface area contributed by atoms with Crippen LogP contribution in [0.4, 0.5) is 5.13 Å². The highest BCUT2D eigenvalue weighted by molar-refractivity contribution is 7.91. The van der Waals surface area contributed by atoms with Gasteiger partial charge in [-0.2, -0.15) is 0 Å². The van der Waals surface area contributed by atoms with Crippen LogP contribution < -0.4 is 14.4 Å². The number of likely N-dealkylation sites (N-methyl/N-ethyl adjacent to an activating group) is 1. The van der Waals surface area contributed by atoms with E-state index in [1.54, 1.807) is 17.0 Å². The van der Waals surface area contributed by atoms with E-state index in [1.807, 2.05) is 44.1 Å². The van der Waals surface area contributed by atoms with Gasteiger partial charge in [-0.3, -0.25) is 9.69 Å². The molecular weight excluding hydrogens is 462 g/mol. The molecule has 3 aromatic rings. The molecule has 0 N–H and O–H groups in total. The Morgan fingerprint density at radius 3 is 2.45 bits per heavy atom. The second-order valence-electron chi connectivity index (χ2n) is 7.63. The van der Waals surface area contributed by atoms with Crippen molar-refractivity contribution in [1.29, 1.82) is 0 Å². The maximum atomic E-state index is 13.2. The molecule has 0 aliphatic carbocycles. The van der Waals surface area contributed by atoms with Crippen molar-refractivity contribution in [3.63, 3.8) is 0 Å². The molecule has 0 saturated heterocycles. The van der Waals surface area contributed by atoms with Crippen LogP contribution in [-0.4, -0.2) is 70.9 Å². The third-order valence-electron chi connectivity index (χ3n) is 4.98. The van der Waals surface area contributed by atoms with Crippen LogP contribution in [-0.2, 0) is 14.6 Å². The second-order valence-corrected chi connectivity index (χ2v) is 10.7. The Balaban J connectivity index is 1.82. The quantitative estimate of drug-likeness (QED) is 0.406. The molecule has 0 atom stereocenters. The third-order valence-corrected chi connectivity index (χ3v) is 7.75. The molecule has 0 aliphatic rings. The van der Waals surface area contributed by atoms with Crippen molar-refractivity contribution in [2.45, 2.75) is 18.2 Å². The lowest BCUT2D eigenvalue weighted by Gasteiger charge is -2.22. The summed E-state index contributed by atoms with van der Waals surface area (Å²) in [5.41, 5.74) is 0.702. The first kappa shape index (κ1) is 24.9. The minimum atomic E-state index is -3.62. The molecule has 0 spiro atoms. The standard InChI is InChI=1S/C23H29N3O5S2/c1-5-31-19-7-6-8-20-22(19)24-23(32-20)26(15-14-25(2)3)21(27)13-16-33(28,29)18-11-9-17(30-4)10-12-18/h6-12H,5,13-16H2,1-4H3. The predicted molar refractivity (Wildman–Crippen MR) is 131 cm³/mol. The Hall–Kier alpha value is -2.69. The number of benzene rings is 2. The van der Waals surface area contributed by atoms with Gasteiger partial charge in [-0.05, 0) is 57.4 Å². The number of aromatic nitrogens is 1. The number of thiazole rings is 1. The van der Waals surface area contributed by atoms with E-state index >= 15 is 0 Å². The summed E-state index contributed by atoms with van der Waals surface area (Å²) >= 11 is 1.39. The molecule has 3 rings (SSSR count). The van der Waals surface area contributed by atoms with Crippen molar-refractivity contribution in [1.82, 2.24) is 9.88 Å². The fraction of sp³-hybridized carbons (Fsp3) is 0.391. The van der Waals surface area contributed by atoms with Gasteiger partial charge >= 0.3 is 0 Å². The highest BCUT2D eigenvalue weighted by Gasteiger charge is 2.24. The molecule has 0 radical (unpaired) electrons. The molecule has 33 heavy (non-hydrogen) atoms. The first-order valence-corrected chi connectivity index (χ1v) is 13.1. The lowest BCUT2D eigenvalue weighted by molar-refractivity contribution is -0.118. The van der Waals surface area contributed by atoms with Gasteiger partial charge in [0, 0.05) is 19.5 Å². The maximum absolute atomic E-state index is 13.2. The Kier molecular flexibility index (Phi) is 8.28. The Labute approximate surface area is 198 Å². The number of hydrogen-bond acceptors (Lipinski definition) is 8. The van der Waals surface area contributed by atoms with E-state index in [4.69, 9.17) is 9.47 Å². The fourth-order valence-electron chi connectivity index (χ4n) is 3.18. The predicted octanol–water partition coefficient (Wildman–Crippen LogP) is 3.46. The summed E-state index contributed by atoms with van der Waals surface area (Å²) in [6.07, 6.45) is -0.143. The number of carbonyl (C=O) groups is 1. The number of amides is 1. The Morgan fingerprint density at radius 2 is 1.82 bits per heavy atom. The molecule has 1 amide bonds. The van der Waals surface area contributed by atoms with E-state index < -0.39 is 9.84 Å². The van der Waals surface area contributed by atoms with Crippen LogP contribution >= 0.6 is 11.3 Å². The van der Waals surface area contributed by atoms with Gasteiger partial charge in [-0.15, -0.1) is 0 Å². The SMILES string of the molecule is CCOc1cccc2sc(N(CCN(C)C)C(=O)CCS(=O)(=O)c3ccc(OC)cc3)nc12. The minimum absolute atomic E-state index is 0.143. The molecule has 1 aromatic heterocycles. The molecule has 10 heteroatoms. The normalized spacial score (nSPS) is 11.7. The summed E-state index contributed by atoms with van der Waals surface area (Å²) in [7, 11) is 1.74. The van der Waals surface area contributed by atoms with E-state index in [0.29, 0.717) is 41.8 Å². The summed E-state index contributed by atoms with van der Waals surface area (Å²) in [6, 6.07) is 11.8. The van der Waals surface area contributed by atoms with Crippen molar-refractivity contribution in [3.05, 3.63) is 42.5 Å². The summed E-state index contributed by atoms with van der Waals surface area (Å²) in [5.74, 6) is 0.666. The minimum Gasteiger partial charge on any atom is -0.497 e. The number of fused-ring (bicyclic) bond motifs is 1. The average Bonchev–Trinajstić information content (AvgIpc) is 3.23. The first-order chi connectivity index (χ1) is 15.7. The maximum Gasteiger partial charge on any atom is 0.229 e. The van der Waals surface area contributed by atoms with Crippen LogP contribution in [0.3, 0.4) is 0 Å². The fourth-order valence-corrected chi connectivity index (χ4v) is 5.44. The second kappa shape index (κ2) is 11.0. The third kappa shape index (κ3) is 6.21. The van der Waals surface area contributed by atoms with Gasteiger partial charge in [0.05, 0.1) is 29.1 Å². The number of anilines is 1. The molecule has 0 aliphatic heterocycles. The van der Waals surface area contributed by atoms with Gasteiger partial charge in [0.25, 0.3) is 0 Å². The van der Waals surface area contributed by atoms with Gasteiger partial charge in [-0.25, -0.2) is 13.4 Å². The zero-order valence-electron chi connectivity index (χ0n) is 19.3.